The van der Waals surface area contributed by atoms with Crippen LogP contribution >= 0.6 is 0 Å². The van der Waals surface area contributed by atoms with E-state index < -0.39 is 14.9 Å². The summed E-state index contributed by atoms with van der Waals surface area (Å²) in [4.78, 5) is 37.7. The van der Waals surface area contributed by atoms with Gasteiger partial charge in [-0.15, -0.1) is 0 Å². The fourth-order valence-corrected chi connectivity index (χ4v) is 6.33. The van der Waals surface area contributed by atoms with Crippen LogP contribution in [-0.2, 0) is 38.2 Å². The lowest BCUT2D eigenvalue weighted by molar-refractivity contribution is -0.384. The Labute approximate surface area is 205 Å². The number of sulfonamides is 1. The first kappa shape index (κ1) is 23.8. The van der Waals surface area contributed by atoms with Gasteiger partial charge in [0.1, 0.15) is 5.69 Å². The molecule has 0 amide bonds. The van der Waals surface area contributed by atoms with E-state index in [0.29, 0.717) is 27.8 Å². The molecule has 13 nitrogen and oxygen atoms in total. The standard InChI is InChI=1S/C22H25N7O6S/c1-23-15-6-5-14(11-16(15)24(2)21(23)30)36(34,35)28-9-7-27(8-10-28)19-12-17-18(13-20(19)29(32)33)26(4)22(31)25(17)3/h5-6,11-13H,7-10H2,1-4H3. The number of nitro groups is 1. The molecule has 0 aliphatic carbocycles. The Bertz CT molecular complexity index is 1790. The monoisotopic (exact) mass is 515 g/mol. The minimum absolute atomic E-state index is 0.0799. The summed E-state index contributed by atoms with van der Waals surface area (Å²) in [5.41, 5.74) is 1.80. The molecule has 2 aromatic heterocycles. The molecule has 0 N–H and O–H groups in total. The predicted molar refractivity (Wildman–Crippen MR) is 134 cm³/mol. The molecule has 0 radical (unpaired) electrons. The van der Waals surface area contributed by atoms with Crippen molar-refractivity contribution in [2.75, 3.05) is 31.1 Å². The van der Waals surface area contributed by atoms with Crippen molar-refractivity contribution in [3.63, 3.8) is 0 Å². The maximum Gasteiger partial charge on any atom is 0.328 e. The van der Waals surface area contributed by atoms with Gasteiger partial charge in [0.15, 0.2) is 0 Å². The molecule has 1 fully saturated rings. The first-order valence-corrected chi connectivity index (χ1v) is 12.6. The zero-order chi connectivity index (χ0) is 26.1. The number of piperazine rings is 1. The zero-order valence-electron chi connectivity index (χ0n) is 20.2. The highest BCUT2D eigenvalue weighted by Gasteiger charge is 2.32. The Hall–Kier alpha value is -3.91. The smallest absolute Gasteiger partial charge is 0.328 e. The maximum absolute atomic E-state index is 13.4. The summed E-state index contributed by atoms with van der Waals surface area (Å²) < 4.78 is 33.7. The third kappa shape index (κ3) is 3.36. The molecule has 3 heterocycles. The number of nitro benzene ring substituents is 1. The largest absolute Gasteiger partial charge is 0.363 e. The van der Waals surface area contributed by atoms with Crippen molar-refractivity contribution in [3.05, 3.63) is 61.4 Å². The SMILES string of the molecule is Cn1c(=O)n(C)c2cc(S(=O)(=O)N3CCN(c4cc5c(cc4[N+](=O)[O-])n(C)c(=O)n5C)CC3)ccc21. The molecule has 0 unspecified atom stereocenters. The van der Waals surface area contributed by atoms with Gasteiger partial charge in [-0.25, -0.2) is 18.0 Å². The molecule has 1 saturated heterocycles. The Kier molecular flexibility index (Phi) is 5.33. The molecule has 0 saturated carbocycles. The number of anilines is 1. The fourth-order valence-electron chi connectivity index (χ4n) is 4.89. The molecular formula is C22H25N7O6S. The van der Waals surface area contributed by atoms with Gasteiger partial charge in [0.2, 0.25) is 10.0 Å². The second-order valence-corrected chi connectivity index (χ2v) is 10.9. The lowest BCUT2D eigenvalue weighted by Gasteiger charge is -2.35. The van der Waals surface area contributed by atoms with E-state index in [1.54, 1.807) is 45.2 Å². The summed E-state index contributed by atoms with van der Waals surface area (Å²) in [6.07, 6.45) is 0. The third-order valence-electron chi connectivity index (χ3n) is 7.03. The van der Waals surface area contributed by atoms with Crippen LogP contribution in [0, 0.1) is 10.1 Å². The van der Waals surface area contributed by atoms with Gasteiger partial charge in [-0.05, 0) is 24.3 Å². The van der Waals surface area contributed by atoms with E-state index in [4.69, 9.17) is 0 Å². The number of rotatable bonds is 4. The van der Waals surface area contributed by atoms with E-state index in [9.17, 15) is 28.1 Å². The number of aromatic nitrogens is 4. The summed E-state index contributed by atoms with van der Waals surface area (Å²) >= 11 is 0. The topological polar surface area (TPSA) is 138 Å². The Morgan fingerprint density at radius 2 is 1.25 bits per heavy atom. The van der Waals surface area contributed by atoms with Crippen LogP contribution in [0.25, 0.3) is 22.1 Å². The van der Waals surface area contributed by atoms with Crippen LogP contribution in [0.2, 0.25) is 0 Å². The lowest BCUT2D eigenvalue weighted by atomic mass is 10.2. The van der Waals surface area contributed by atoms with E-state index >= 15 is 0 Å². The van der Waals surface area contributed by atoms with E-state index in [1.165, 1.54) is 40.8 Å². The van der Waals surface area contributed by atoms with Crippen molar-refractivity contribution in [1.82, 2.24) is 22.6 Å². The minimum Gasteiger partial charge on any atom is -0.363 e. The van der Waals surface area contributed by atoms with Crippen LogP contribution in [0.4, 0.5) is 11.4 Å². The van der Waals surface area contributed by atoms with Gasteiger partial charge in [0, 0.05) is 60.4 Å². The van der Waals surface area contributed by atoms with Gasteiger partial charge < -0.3 is 4.90 Å². The highest BCUT2D eigenvalue weighted by molar-refractivity contribution is 7.89. The molecule has 1 aliphatic heterocycles. The van der Waals surface area contributed by atoms with Crippen LogP contribution < -0.4 is 16.3 Å². The second kappa shape index (κ2) is 8.06. The first-order chi connectivity index (χ1) is 16.9. The molecule has 2 aromatic carbocycles. The molecule has 0 spiro atoms. The molecule has 0 atom stereocenters. The van der Waals surface area contributed by atoms with Gasteiger partial charge in [-0.3, -0.25) is 28.4 Å². The van der Waals surface area contributed by atoms with E-state index in [0.717, 1.165) is 0 Å². The summed E-state index contributed by atoms with van der Waals surface area (Å²) in [5, 5.41) is 11.8. The summed E-state index contributed by atoms with van der Waals surface area (Å²) in [5.74, 6) is 0. The van der Waals surface area contributed by atoms with Crippen LogP contribution in [0.5, 0.6) is 0 Å². The van der Waals surface area contributed by atoms with Crippen molar-refractivity contribution >= 4 is 43.5 Å². The molecule has 5 rings (SSSR count). The Balaban J connectivity index is 1.46. The summed E-state index contributed by atoms with van der Waals surface area (Å²) in [6, 6.07) is 7.59. The van der Waals surface area contributed by atoms with E-state index in [2.05, 4.69) is 0 Å². The maximum atomic E-state index is 13.4. The molecule has 14 heteroatoms. The van der Waals surface area contributed by atoms with Crippen molar-refractivity contribution in [2.45, 2.75) is 4.90 Å². The van der Waals surface area contributed by atoms with Crippen LogP contribution in [0.3, 0.4) is 0 Å². The molecule has 1 aliphatic rings. The summed E-state index contributed by atoms with van der Waals surface area (Å²) in [7, 11) is 2.53. The molecule has 0 bridgehead atoms. The zero-order valence-corrected chi connectivity index (χ0v) is 21.0. The number of benzene rings is 2. The number of imidazole rings is 2. The quantitative estimate of drug-likeness (QED) is 0.285. The van der Waals surface area contributed by atoms with E-state index in [-0.39, 0.29) is 48.1 Å². The molecular weight excluding hydrogens is 490 g/mol. The number of hydrogen-bond donors (Lipinski definition) is 0. The lowest BCUT2D eigenvalue weighted by Crippen LogP contribution is -2.48. The Morgan fingerprint density at radius 3 is 1.81 bits per heavy atom. The van der Waals surface area contributed by atoms with Gasteiger partial charge in [0.05, 0.1) is 31.9 Å². The van der Waals surface area contributed by atoms with Gasteiger partial charge >= 0.3 is 11.4 Å². The predicted octanol–water partition coefficient (Wildman–Crippen LogP) is 0.487. The fraction of sp³-hybridized carbons (Fsp3) is 0.364. The van der Waals surface area contributed by atoms with Crippen molar-refractivity contribution in [1.29, 1.82) is 0 Å². The minimum atomic E-state index is -3.85. The van der Waals surface area contributed by atoms with Gasteiger partial charge in [-0.1, -0.05) is 0 Å². The van der Waals surface area contributed by atoms with Crippen LogP contribution in [0.15, 0.2) is 44.8 Å². The average Bonchev–Trinajstić information content (AvgIpc) is 3.22. The van der Waals surface area contributed by atoms with E-state index in [1.807, 2.05) is 0 Å². The van der Waals surface area contributed by atoms with Gasteiger partial charge in [-0.2, -0.15) is 4.31 Å². The molecule has 36 heavy (non-hydrogen) atoms. The number of fused-ring (bicyclic) bond motifs is 2. The number of hydrogen-bond acceptors (Lipinski definition) is 7. The van der Waals surface area contributed by atoms with Crippen molar-refractivity contribution < 1.29 is 13.3 Å². The Morgan fingerprint density at radius 1 is 0.750 bits per heavy atom. The first-order valence-electron chi connectivity index (χ1n) is 11.2. The normalized spacial score (nSPS) is 15.3. The number of nitrogens with zero attached hydrogens (tertiary/aromatic N) is 7. The van der Waals surface area contributed by atoms with Gasteiger partial charge in [0.25, 0.3) is 5.69 Å². The average molecular weight is 516 g/mol. The molecule has 190 valence electrons. The second-order valence-electron chi connectivity index (χ2n) is 8.93. The van der Waals surface area contributed by atoms with Crippen LogP contribution in [0.1, 0.15) is 0 Å². The highest BCUT2D eigenvalue weighted by atomic mass is 32.2. The van der Waals surface area contributed by atoms with Crippen LogP contribution in [-0.4, -0.2) is 62.1 Å². The summed E-state index contributed by atoms with van der Waals surface area (Å²) in [6.45, 7) is 0.713. The number of aryl methyl sites for hydroxylation is 4. The molecule has 4 aromatic rings. The van der Waals surface area contributed by atoms with Crippen molar-refractivity contribution in [2.24, 2.45) is 28.2 Å². The highest BCUT2D eigenvalue weighted by Crippen LogP contribution is 2.34. The third-order valence-corrected chi connectivity index (χ3v) is 8.92. The van der Waals surface area contributed by atoms with Crippen molar-refractivity contribution in [3.8, 4) is 0 Å².